The molecule has 7 aromatic carbocycles. The standard InChI is InChI=1S/C13H12O.C12H10O.C10H9NO.C9H10O.C9H16O.C9H10.C8H9N.C8H14O.C6H13N3O.C6H9NO2.C6H12O.C5H11NO.C5H8O3.7CH4/c1-10(14)8-11-6-7-12-4-2-3-5-13(12)9-11;1-9(13)11-7-6-10-4-2-3-5-12(10)8-11;1-7(12)9-6-11-10-5-3-2-4-8(9)10;1-7(2)8-3-5-9(10)6-4-8;1-8(10)7-9-5-3-2-4-6-9;1-8(2)9-6-4-3-5-7-9;1-7(2)8-4-3-5-9-6-8;1-7(9)8-5-3-2-4-6-8;1-5(10)3-2-4-9-6(7)8;1-4(8)5-2-3-6(9)7-5;1-5(2)4-6(3)7;1-5(7)3-2-4-6;1-4(6)2-3-5(7)8;;;;;;;/h2-7,9H,8H2,1H3;2-8H,1H3;2-6,11H,1H3;3-6,10H,1H2,2H3;9H,2-7H2,1H3;3-7H,1H2,2H3;3-6H,1H2,2H3;8H,2-6H2,1H3;2-4H2,1H3,(H4,7,8,9);5H,2-3H2,1H3,(H,7,9);5H,4H2,1-3H3;2-4,6H2,1H3;2-3H2,1H3,(H,7,8);7*1H4. The fourth-order valence-electron chi connectivity index (χ4n) is 12.5. The van der Waals surface area contributed by atoms with Crippen LogP contribution in [0.3, 0.4) is 0 Å². The molecule has 2 aliphatic carbocycles. The van der Waals surface area contributed by atoms with Crippen molar-refractivity contribution >= 4 is 125 Å². The number of aromatic hydroxyl groups is 1. The summed E-state index contributed by atoms with van der Waals surface area (Å²) in [5, 5.41) is 25.2. The molecule has 0 spiro atoms. The predicted molar refractivity (Wildman–Crippen MR) is 569 cm³/mol. The number of guanidine groups is 1. The highest BCUT2D eigenvalue weighted by Gasteiger charge is 2.24. The lowest BCUT2D eigenvalue weighted by Crippen LogP contribution is -2.31. The lowest BCUT2D eigenvalue weighted by molar-refractivity contribution is -0.138. The molecule has 21 heteroatoms. The first kappa shape index (κ1) is 137. The normalized spacial score (nSPS) is 11.8. The number of amides is 1. The number of aromatic amines is 1. The number of carbonyl (C=O) groups is 12. The number of phenols is 1. The number of hydrogen-bond donors (Lipinski definition) is 7. The van der Waals surface area contributed by atoms with Crippen LogP contribution >= 0.6 is 0 Å². The van der Waals surface area contributed by atoms with E-state index in [2.05, 4.69) is 76.4 Å². The third kappa shape index (κ3) is 70.4. The Bertz CT molecular complexity index is 4830. The maximum absolute atomic E-state index is 11.1. The van der Waals surface area contributed by atoms with Crippen molar-refractivity contribution in [1.82, 2.24) is 15.3 Å². The molecule has 134 heavy (non-hydrogen) atoms. The fourth-order valence-corrected chi connectivity index (χ4v) is 12.5. The average Bonchev–Trinajstić information content (AvgIpc) is 1.62. The summed E-state index contributed by atoms with van der Waals surface area (Å²) in [5.41, 5.74) is 25.5. The number of carboxylic acids is 1. The van der Waals surface area contributed by atoms with E-state index in [0.29, 0.717) is 74.3 Å². The topological polar surface area (TPSA) is 376 Å². The highest BCUT2D eigenvalue weighted by molar-refractivity contribution is 6.06. The summed E-state index contributed by atoms with van der Waals surface area (Å²) in [7, 11) is 0. The number of carbonyl (C=O) groups excluding carboxylic acids is 11. The number of rotatable bonds is 23. The largest absolute Gasteiger partial charge is 0.508 e. The van der Waals surface area contributed by atoms with Crippen molar-refractivity contribution in [3.8, 4) is 5.75 Å². The van der Waals surface area contributed by atoms with Gasteiger partial charge in [0.05, 0.1) is 12.5 Å². The first-order valence-electron chi connectivity index (χ1n) is 43.6. The van der Waals surface area contributed by atoms with Crippen molar-refractivity contribution in [1.29, 1.82) is 0 Å². The Balaban J connectivity index is -0.000000214. The number of pyridine rings is 1. The van der Waals surface area contributed by atoms with Gasteiger partial charge in [0.25, 0.3) is 0 Å². The SMILES string of the molecule is C.C.C.C.C.C.C.C=C(C)c1ccc(O)cc1.C=C(C)c1ccccc1.C=C(C)c1cccnc1.CC(=O)C1CCC(=O)N1.CC(=O)C1CCCCC1.CC(=O)CC(C)C.CC(=O)CC1CCCCC1.CC(=O)CCC(=O)O.CC(=O)CCCN.CC(=O)CCCN=C(N)N.CC(=O)Cc1ccc2ccccc2c1.CC(=O)c1c[nH]c2ccccc12.CC(=O)c1ccc2ccccc2c1. The second-order valence-electron chi connectivity index (χ2n) is 32.2. The quantitative estimate of drug-likeness (QED) is 0.0135. The van der Waals surface area contributed by atoms with Gasteiger partial charge in [-0.2, -0.15) is 0 Å². The van der Waals surface area contributed by atoms with Crippen LogP contribution in [0.1, 0.15) is 327 Å². The van der Waals surface area contributed by atoms with Crippen molar-refractivity contribution in [2.45, 2.75) is 297 Å². The molecule has 1 atom stereocenters. The minimum Gasteiger partial charge on any atom is -0.508 e. The number of nitrogens with one attached hydrogen (secondary N) is 2. The second-order valence-corrected chi connectivity index (χ2v) is 32.2. The summed E-state index contributed by atoms with van der Waals surface area (Å²) in [6, 6.07) is 56.8. The molecule has 2 aromatic heterocycles. The average molecular weight is 1850 g/mol. The van der Waals surface area contributed by atoms with Crippen LogP contribution in [-0.4, -0.2) is 115 Å². The molecule has 12 rings (SSSR count). The predicted octanol–water partition coefficient (Wildman–Crippen LogP) is 26.7. The van der Waals surface area contributed by atoms with Gasteiger partial charge in [-0.25, -0.2) is 0 Å². The van der Waals surface area contributed by atoms with E-state index in [4.69, 9.17) is 27.4 Å². The Labute approximate surface area is 806 Å². The zero-order valence-corrected chi connectivity index (χ0v) is 78.1. The van der Waals surface area contributed by atoms with E-state index < -0.39 is 5.97 Å². The summed E-state index contributed by atoms with van der Waals surface area (Å²) in [6.45, 7) is 38.4. The Kier molecular flexibility index (Phi) is 83.3. The van der Waals surface area contributed by atoms with E-state index in [9.17, 15) is 57.5 Å². The number of nitrogens with zero attached hydrogens (tertiary/aromatic N) is 2. The zero-order chi connectivity index (χ0) is 95.8. The number of phenolic OH excluding ortho intramolecular Hbond substituents is 1. The van der Waals surface area contributed by atoms with Crippen LogP contribution in [-0.2, 0) is 54.4 Å². The molecule has 3 fully saturated rings. The number of allylic oxidation sites excluding steroid dienone is 3. The zero-order valence-electron chi connectivity index (χ0n) is 78.1. The minimum absolute atomic E-state index is 0. The van der Waals surface area contributed by atoms with Gasteiger partial charge in [0.1, 0.15) is 46.2 Å². The monoisotopic (exact) mass is 1850 g/mol. The first-order chi connectivity index (χ1) is 60.1. The Hall–Kier alpha value is -12.4. The van der Waals surface area contributed by atoms with Crippen molar-refractivity contribution < 1.29 is 67.7 Å². The van der Waals surface area contributed by atoms with Gasteiger partial charge in [0, 0.05) is 98.0 Å². The molecule has 1 amide bonds. The molecule has 0 radical (unpaired) electrons. The van der Waals surface area contributed by atoms with Crippen molar-refractivity contribution in [3.63, 3.8) is 0 Å². The number of hydrogen-bond acceptors (Lipinski definition) is 16. The molecule has 0 bridgehead atoms. The summed E-state index contributed by atoms with van der Waals surface area (Å²) < 4.78 is 0. The molecule has 742 valence electrons. The van der Waals surface area contributed by atoms with Crippen molar-refractivity contribution in [3.05, 3.63) is 248 Å². The van der Waals surface area contributed by atoms with Gasteiger partial charge in [0.2, 0.25) is 5.91 Å². The molecular formula is C113H171N7O14. The number of aliphatic carboxylic acids is 1. The number of benzene rings is 7. The number of Topliss-reactive ketones (excluding diaryl/α,β-unsaturated/α-hetero) is 10. The van der Waals surface area contributed by atoms with Crippen molar-refractivity contribution in [2.24, 2.45) is 39.9 Å². The number of aromatic nitrogens is 2. The van der Waals surface area contributed by atoms with Crippen LogP contribution in [0.5, 0.6) is 5.75 Å². The lowest BCUT2D eigenvalue weighted by atomic mass is 9.86. The summed E-state index contributed by atoms with van der Waals surface area (Å²) in [4.78, 5) is 137. The highest BCUT2D eigenvalue weighted by Crippen LogP contribution is 2.27. The molecule has 10 N–H and O–H groups in total. The summed E-state index contributed by atoms with van der Waals surface area (Å²) >= 11 is 0. The highest BCUT2D eigenvalue weighted by atomic mass is 16.4. The summed E-state index contributed by atoms with van der Waals surface area (Å²) in [5.74, 6) is 2.99. The number of aliphatic imine (C=N–C) groups is 1. The third-order valence-electron chi connectivity index (χ3n) is 19.2. The number of carboxylic acid groups (broad SMARTS) is 1. The smallest absolute Gasteiger partial charge is 0.303 e. The number of nitrogens with two attached hydrogens (primary N) is 3. The Morgan fingerprint density at radius 3 is 1.30 bits per heavy atom. The van der Waals surface area contributed by atoms with Crippen LogP contribution in [0.15, 0.2) is 219 Å². The molecular weight excluding hydrogens is 1680 g/mol. The van der Waals surface area contributed by atoms with Crippen LogP contribution < -0.4 is 22.5 Å². The third-order valence-corrected chi connectivity index (χ3v) is 19.2. The van der Waals surface area contributed by atoms with Gasteiger partial charge < -0.3 is 61.7 Å². The number of ketones is 10. The van der Waals surface area contributed by atoms with Gasteiger partial charge in [-0.1, -0.05) is 294 Å². The van der Waals surface area contributed by atoms with Crippen LogP contribution in [0, 0.1) is 17.8 Å². The van der Waals surface area contributed by atoms with Crippen LogP contribution in [0.4, 0.5) is 0 Å². The van der Waals surface area contributed by atoms with Crippen LogP contribution in [0.25, 0.3) is 49.2 Å². The van der Waals surface area contributed by atoms with Gasteiger partial charge in [-0.05, 0) is 220 Å². The second kappa shape index (κ2) is 81.4. The Morgan fingerprint density at radius 1 is 0.470 bits per heavy atom. The van der Waals surface area contributed by atoms with Gasteiger partial charge >= 0.3 is 5.97 Å². The van der Waals surface area contributed by atoms with Gasteiger partial charge in [0.15, 0.2) is 23.3 Å². The van der Waals surface area contributed by atoms with E-state index in [1.54, 1.807) is 79.9 Å². The van der Waals surface area contributed by atoms with E-state index in [1.165, 1.54) is 86.9 Å². The molecule has 3 aliphatic rings. The molecule has 1 saturated heterocycles. The molecule has 3 heterocycles. The number of fused-ring (bicyclic) bond motifs is 3. The van der Waals surface area contributed by atoms with E-state index in [-0.39, 0.29) is 129 Å². The first-order valence-corrected chi connectivity index (χ1v) is 43.6. The van der Waals surface area contributed by atoms with Gasteiger partial charge in [-0.3, -0.25) is 43.5 Å². The minimum atomic E-state index is -0.916. The van der Waals surface area contributed by atoms with Crippen molar-refractivity contribution in [2.75, 3.05) is 13.1 Å². The fraction of sp³-hybridized carbons (Fsp3) is 0.434. The number of H-pyrrole nitrogens is 1. The van der Waals surface area contributed by atoms with Gasteiger partial charge in [-0.15, -0.1) is 0 Å². The Morgan fingerprint density at radius 2 is 0.933 bits per heavy atom. The van der Waals surface area contributed by atoms with E-state index in [1.807, 2.05) is 168 Å². The molecule has 21 nitrogen and oxygen atoms in total. The summed E-state index contributed by atoms with van der Waals surface area (Å²) in [6.07, 6.45) is 24.3. The maximum atomic E-state index is 11.1. The van der Waals surface area contributed by atoms with E-state index >= 15 is 0 Å². The van der Waals surface area contributed by atoms with Crippen LogP contribution in [0.2, 0.25) is 0 Å². The molecule has 2 saturated carbocycles. The molecule has 1 aliphatic heterocycles. The maximum Gasteiger partial charge on any atom is 0.303 e. The lowest BCUT2D eigenvalue weighted by Gasteiger charge is -2.19. The molecule has 9 aromatic rings. The molecule has 1 unspecified atom stereocenters. The number of para-hydroxylation sites is 1. The van der Waals surface area contributed by atoms with E-state index in [0.717, 1.165) is 105 Å².